The number of aromatic amines is 1. The third-order valence-corrected chi connectivity index (χ3v) is 5.43. The van der Waals surface area contributed by atoms with Gasteiger partial charge in [0.2, 0.25) is 0 Å². The quantitative estimate of drug-likeness (QED) is 0.328. The van der Waals surface area contributed by atoms with Crippen LogP contribution in [0.5, 0.6) is 0 Å². The highest BCUT2D eigenvalue weighted by molar-refractivity contribution is 6.11. The van der Waals surface area contributed by atoms with Gasteiger partial charge in [0.15, 0.2) is 11.4 Å². The predicted octanol–water partition coefficient (Wildman–Crippen LogP) is 4.06. The molecule has 12 heteroatoms. The molecule has 35 heavy (non-hydrogen) atoms. The number of nitrogens with zero attached hydrogens (tertiary/aromatic N) is 5. The number of carbonyl (C=O) groups is 1. The second-order valence-electron chi connectivity index (χ2n) is 7.99. The van der Waals surface area contributed by atoms with Crippen molar-refractivity contribution < 1.29 is 18.0 Å². The van der Waals surface area contributed by atoms with E-state index in [0.717, 1.165) is 16.3 Å². The number of nitrogens with one attached hydrogen (secondary N) is 2. The Labute approximate surface area is 196 Å². The van der Waals surface area contributed by atoms with Crippen LogP contribution in [0.3, 0.4) is 0 Å². The van der Waals surface area contributed by atoms with Gasteiger partial charge in [-0.15, -0.1) is 0 Å². The van der Waals surface area contributed by atoms with Crippen molar-refractivity contribution in [3.05, 3.63) is 77.9 Å². The number of amides is 1. The minimum absolute atomic E-state index is 0.149. The Hall–Kier alpha value is -4.61. The lowest BCUT2D eigenvalue weighted by Gasteiger charge is -2.03. The van der Waals surface area contributed by atoms with Crippen molar-refractivity contribution in [2.45, 2.75) is 12.7 Å². The first-order valence-electron chi connectivity index (χ1n) is 10.5. The number of aromatic nitrogens is 6. The maximum atomic E-state index is 13.0. The fourth-order valence-electron chi connectivity index (χ4n) is 3.81. The normalized spacial score (nSPS) is 11.8. The van der Waals surface area contributed by atoms with Crippen molar-refractivity contribution in [1.29, 1.82) is 0 Å². The van der Waals surface area contributed by atoms with Crippen LogP contribution in [0.1, 0.15) is 21.7 Å². The Morgan fingerprint density at radius 3 is 2.74 bits per heavy atom. The van der Waals surface area contributed by atoms with Crippen LogP contribution in [0.4, 0.5) is 24.5 Å². The predicted molar refractivity (Wildman–Crippen MR) is 123 cm³/mol. The number of H-pyrrole nitrogens is 1. The Balaban J connectivity index is 1.34. The third kappa shape index (κ3) is 4.45. The first-order chi connectivity index (χ1) is 16.7. The van der Waals surface area contributed by atoms with Crippen molar-refractivity contribution in [2.75, 3.05) is 11.1 Å². The molecule has 0 atom stereocenters. The average molecular weight is 480 g/mol. The fourth-order valence-corrected chi connectivity index (χ4v) is 3.81. The number of carbonyl (C=O) groups excluding carboxylic acids is 1. The van der Waals surface area contributed by atoms with Crippen molar-refractivity contribution in [3.63, 3.8) is 0 Å². The van der Waals surface area contributed by atoms with Gasteiger partial charge >= 0.3 is 6.18 Å². The van der Waals surface area contributed by atoms with E-state index in [0.29, 0.717) is 34.4 Å². The first-order valence-corrected chi connectivity index (χ1v) is 10.5. The maximum Gasteiger partial charge on any atom is 0.435 e. The molecule has 4 N–H and O–H groups in total. The van der Waals surface area contributed by atoms with Crippen LogP contribution in [0.2, 0.25) is 0 Å². The van der Waals surface area contributed by atoms with Gasteiger partial charge in [0.25, 0.3) is 5.91 Å². The van der Waals surface area contributed by atoms with Crippen LogP contribution >= 0.6 is 0 Å². The number of benzene rings is 2. The molecule has 0 aliphatic heterocycles. The minimum Gasteiger partial charge on any atom is -0.399 e. The monoisotopic (exact) mass is 480 g/mol. The number of nitrogen functional groups attached to an aromatic ring is 1. The van der Waals surface area contributed by atoms with Gasteiger partial charge in [-0.2, -0.15) is 28.5 Å². The third-order valence-electron chi connectivity index (χ3n) is 5.43. The lowest BCUT2D eigenvalue weighted by Crippen LogP contribution is -2.12. The molecule has 0 aliphatic carbocycles. The molecule has 5 aromatic rings. The molecule has 0 aliphatic rings. The molecule has 2 aromatic carbocycles. The Kier molecular flexibility index (Phi) is 5.27. The van der Waals surface area contributed by atoms with E-state index in [-0.39, 0.29) is 11.4 Å². The molecule has 0 saturated heterocycles. The number of halogens is 3. The Morgan fingerprint density at radius 1 is 1.17 bits per heavy atom. The second kappa shape index (κ2) is 8.31. The summed E-state index contributed by atoms with van der Waals surface area (Å²) >= 11 is 0. The SMILES string of the molecule is Cn1nc(C(F)(F)F)cc1-c1ccc2c(C(=O)Nc3cnn(Cc4cccc(N)c4)c3)n[nH]c2c1. The van der Waals surface area contributed by atoms with Gasteiger partial charge < -0.3 is 11.1 Å². The molecule has 3 heterocycles. The summed E-state index contributed by atoms with van der Waals surface area (Å²) in [6, 6.07) is 13.3. The summed E-state index contributed by atoms with van der Waals surface area (Å²) in [5, 5.41) is 17.9. The van der Waals surface area contributed by atoms with Crippen LogP contribution < -0.4 is 11.1 Å². The summed E-state index contributed by atoms with van der Waals surface area (Å²) in [6.45, 7) is 0.485. The van der Waals surface area contributed by atoms with Gasteiger partial charge in [0.1, 0.15) is 0 Å². The van der Waals surface area contributed by atoms with Gasteiger partial charge in [-0.25, -0.2) is 0 Å². The van der Waals surface area contributed by atoms with E-state index in [2.05, 4.69) is 25.7 Å². The molecule has 0 unspecified atom stereocenters. The number of anilines is 2. The first kappa shape index (κ1) is 22.2. The highest BCUT2D eigenvalue weighted by Gasteiger charge is 2.34. The van der Waals surface area contributed by atoms with E-state index in [9.17, 15) is 18.0 Å². The topological polar surface area (TPSA) is 119 Å². The van der Waals surface area contributed by atoms with E-state index in [1.54, 1.807) is 35.1 Å². The zero-order valence-corrected chi connectivity index (χ0v) is 18.3. The molecule has 5 rings (SSSR count). The Morgan fingerprint density at radius 2 is 2.00 bits per heavy atom. The molecule has 178 valence electrons. The molecule has 0 radical (unpaired) electrons. The fraction of sp³-hybridized carbons (Fsp3) is 0.130. The molecule has 3 aromatic heterocycles. The molecule has 0 fully saturated rings. The van der Waals surface area contributed by atoms with Crippen LogP contribution in [-0.4, -0.2) is 35.7 Å². The largest absolute Gasteiger partial charge is 0.435 e. The molecular weight excluding hydrogens is 461 g/mol. The number of nitrogens with two attached hydrogens (primary N) is 1. The number of alkyl halides is 3. The summed E-state index contributed by atoms with van der Waals surface area (Å²) in [6.07, 6.45) is -1.33. The van der Waals surface area contributed by atoms with Gasteiger partial charge in [0.05, 0.1) is 29.6 Å². The van der Waals surface area contributed by atoms with Crippen LogP contribution in [0.25, 0.3) is 22.2 Å². The van der Waals surface area contributed by atoms with Crippen molar-refractivity contribution in [1.82, 2.24) is 29.8 Å². The summed E-state index contributed by atoms with van der Waals surface area (Å²) in [4.78, 5) is 12.8. The number of hydrogen-bond donors (Lipinski definition) is 3. The molecule has 0 spiro atoms. The summed E-state index contributed by atoms with van der Waals surface area (Å²) in [5.41, 5.74) is 8.37. The molecule has 0 bridgehead atoms. The van der Waals surface area contributed by atoms with Crippen LogP contribution in [0, 0.1) is 0 Å². The number of hydrogen-bond acceptors (Lipinski definition) is 5. The minimum atomic E-state index is -4.54. The highest BCUT2D eigenvalue weighted by atomic mass is 19.4. The van der Waals surface area contributed by atoms with Crippen molar-refractivity contribution in [2.24, 2.45) is 7.05 Å². The highest BCUT2D eigenvalue weighted by Crippen LogP contribution is 2.32. The van der Waals surface area contributed by atoms with E-state index in [4.69, 9.17) is 5.73 Å². The summed E-state index contributed by atoms with van der Waals surface area (Å²) < 4.78 is 41.8. The lowest BCUT2D eigenvalue weighted by molar-refractivity contribution is -0.141. The zero-order valence-electron chi connectivity index (χ0n) is 18.3. The summed E-state index contributed by atoms with van der Waals surface area (Å²) in [5.74, 6) is -0.451. The zero-order chi connectivity index (χ0) is 24.7. The van der Waals surface area contributed by atoms with Gasteiger partial charge in [0, 0.05) is 29.9 Å². The van der Waals surface area contributed by atoms with E-state index < -0.39 is 17.8 Å². The molecule has 1 amide bonds. The molecular formula is C23H19F3N8O. The van der Waals surface area contributed by atoms with Gasteiger partial charge in [-0.1, -0.05) is 18.2 Å². The lowest BCUT2D eigenvalue weighted by atomic mass is 10.1. The summed E-state index contributed by atoms with van der Waals surface area (Å²) in [7, 11) is 1.44. The van der Waals surface area contributed by atoms with Gasteiger partial charge in [-0.3, -0.25) is 19.3 Å². The van der Waals surface area contributed by atoms with Crippen molar-refractivity contribution in [3.8, 4) is 11.3 Å². The van der Waals surface area contributed by atoms with Crippen LogP contribution in [-0.2, 0) is 19.8 Å². The molecule has 0 saturated carbocycles. The standard InChI is InChI=1S/C23H19F3N8O/c1-33-19(9-20(32-33)23(24,25)26)14-5-6-17-18(8-14)30-31-21(17)22(35)29-16-10-28-34(12-16)11-13-3-2-4-15(27)7-13/h2-10,12H,11,27H2,1H3,(H,29,35)(H,30,31). The van der Waals surface area contributed by atoms with Gasteiger partial charge in [-0.05, 0) is 35.9 Å². The number of rotatable bonds is 5. The van der Waals surface area contributed by atoms with E-state index >= 15 is 0 Å². The van der Waals surface area contributed by atoms with E-state index in [1.807, 2.05) is 18.2 Å². The number of fused-ring (bicyclic) bond motifs is 1. The van der Waals surface area contributed by atoms with Crippen LogP contribution in [0.15, 0.2) is 60.9 Å². The average Bonchev–Trinajstić information content (AvgIpc) is 3.51. The van der Waals surface area contributed by atoms with E-state index in [1.165, 1.54) is 13.2 Å². The maximum absolute atomic E-state index is 13.0. The molecule has 9 nitrogen and oxygen atoms in total. The Bertz CT molecular complexity index is 1550. The second-order valence-corrected chi connectivity index (χ2v) is 7.99. The van der Waals surface area contributed by atoms with Crippen molar-refractivity contribution >= 4 is 28.2 Å². The smallest absolute Gasteiger partial charge is 0.399 e. The number of aryl methyl sites for hydroxylation is 1.